The van der Waals surface area contributed by atoms with Crippen molar-refractivity contribution in [1.82, 2.24) is 15.8 Å². The Labute approximate surface area is 160 Å². The zero-order valence-corrected chi connectivity index (χ0v) is 15.1. The zero-order valence-electron chi connectivity index (χ0n) is 14.3. The Bertz CT molecular complexity index is 851. The highest BCUT2D eigenvalue weighted by molar-refractivity contribution is 6.30. The second kappa shape index (κ2) is 8.18. The molecule has 0 saturated carbocycles. The van der Waals surface area contributed by atoms with Crippen molar-refractivity contribution in [2.45, 2.75) is 12.2 Å². The number of hydrogen-bond donors (Lipinski definition) is 2. The summed E-state index contributed by atoms with van der Waals surface area (Å²) < 4.78 is 26.1. The molecule has 0 bridgehead atoms. The number of rotatable bonds is 4. The van der Waals surface area contributed by atoms with Gasteiger partial charge in [0.15, 0.2) is 12.6 Å². The highest BCUT2D eigenvalue weighted by atomic mass is 35.5. The topological polar surface area (TPSA) is 77.0 Å². The molecular weight excluding hydrogens is 375 g/mol. The predicted molar refractivity (Wildman–Crippen MR) is 97.3 cm³/mol. The van der Waals surface area contributed by atoms with E-state index in [-0.39, 0.29) is 11.8 Å². The second-order valence-corrected chi connectivity index (χ2v) is 6.47. The molecule has 2 aliphatic rings. The number of amidine groups is 1. The van der Waals surface area contributed by atoms with Gasteiger partial charge in [-0.3, -0.25) is 4.84 Å². The van der Waals surface area contributed by atoms with Crippen molar-refractivity contribution in [3.8, 4) is 5.88 Å². The summed E-state index contributed by atoms with van der Waals surface area (Å²) in [6.45, 7) is 1.89. The molecule has 2 aromatic rings. The van der Waals surface area contributed by atoms with Gasteiger partial charge in [-0.15, -0.1) is 0 Å². The summed E-state index contributed by atoms with van der Waals surface area (Å²) in [5.74, 6) is 0.453. The lowest BCUT2D eigenvalue weighted by atomic mass is 10.0. The molecule has 0 aliphatic carbocycles. The molecule has 4 rings (SSSR count). The normalized spacial score (nSPS) is 22.7. The third-order valence-electron chi connectivity index (χ3n) is 4.28. The number of hydroxylamine groups is 1. The third kappa shape index (κ3) is 4.03. The number of ether oxygens (including phenoxy) is 2. The summed E-state index contributed by atoms with van der Waals surface area (Å²) in [5.41, 5.74) is 4.07. The molecule has 9 heteroatoms. The van der Waals surface area contributed by atoms with E-state index < -0.39 is 18.0 Å². The molecule has 27 heavy (non-hydrogen) atoms. The van der Waals surface area contributed by atoms with E-state index in [0.29, 0.717) is 42.5 Å². The molecule has 142 valence electrons. The third-order valence-corrected chi connectivity index (χ3v) is 4.58. The second-order valence-electron chi connectivity index (χ2n) is 6.06. The van der Waals surface area contributed by atoms with Gasteiger partial charge in [-0.2, -0.15) is 0 Å². The number of aromatic nitrogens is 1. The summed E-state index contributed by atoms with van der Waals surface area (Å²) >= 11 is 5.81. The molecule has 1 fully saturated rings. The van der Waals surface area contributed by atoms with Gasteiger partial charge in [-0.1, -0.05) is 17.7 Å². The van der Waals surface area contributed by atoms with E-state index in [1.165, 1.54) is 12.1 Å². The Kier molecular flexibility index (Phi) is 5.49. The Morgan fingerprint density at radius 1 is 1.30 bits per heavy atom. The first-order valence-corrected chi connectivity index (χ1v) is 8.92. The molecule has 0 amide bonds. The quantitative estimate of drug-likeness (QED) is 0.831. The van der Waals surface area contributed by atoms with Crippen molar-refractivity contribution < 1.29 is 18.7 Å². The summed E-state index contributed by atoms with van der Waals surface area (Å²) in [6.07, 6.45) is 0.734. The smallest absolute Gasteiger partial charge is 0.224 e. The Hall–Kier alpha value is -2.26. The fourth-order valence-corrected chi connectivity index (χ4v) is 3.12. The van der Waals surface area contributed by atoms with Gasteiger partial charge in [-0.05, 0) is 29.8 Å². The standard InChI is InChI=1S/C18H18ClFN4O3/c19-13-4-3-11(8-14(13)20)16-15(9-21-6-7-25-16)27-18-12(2-1-5-22-18)17-23-10-26-24-17/h1-5,8,15-16,21H,6-7,9-10H2,(H,23,24)/t15-,16+/m0/s1. The molecule has 3 heterocycles. The van der Waals surface area contributed by atoms with Crippen LogP contribution in [0.5, 0.6) is 5.88 Å². The maximum atomic E-state index is 14.0. The zero-order chi connectivity index (χ0) is 18.6. The number of benzene rings is 1. The lowest BCUT2D eigenvalue weighted by Crippen LogP contribution is -2.35. The minimum Gasteiger partial charge on any atom is -0.469 e. The SMILES string of the molecule is Fc1cc([C@H]2OCCNC[C@@H]2Oc2ncccc2C2=NCON2)ccc1Cl. The molecule has 2 N–H and O–H groups in total. The number of hydrogen-bond acceptors (Lipinski definition) is 7. The van der Waals surface area contributed by atoms with Crippen molar-refractivity contribution in [3.05, 3.63) is 58.5 Å². The van der Waals surface area contributed by atoms with Gasteiger partial charge >= 0.3 is 0 Å². The number of halogens is 2. The molecule has 0 unspecified atom stereocenters. The Morgan fingerprint density at radius 3 is 3.04 bits per heavy atom. The minimum absolute atomic E-state index is 0.0697. The maximum Gasteiger partial charge on any atom is 0.224 e. The summed E-state index contributed by atoms with van der Waals surface area (Å²) in [5, 5.41) is 3.33. The number of nitrogens with one attached hydrogen (secondary N) is 2. The van der Waals surface area contributed by atoms with E-state index in [1.54, 1.807) is 18.3 Å². The average Bonchev–Trinajstić information content (AvgIpc) is 3.12. The first-order valence-electron chi connectivity index (χ1n) is 8.54. The van der Waals surface area contributed by atoms with Gasteiger partial charge in [0, 0.05) is 19.3 Å². The maximum absolute atomic E-state index is 14.0. The first kappa shape index (κ1) is 18.1. The largest absolute Gasteiger partial charge is 0.469 e. The number of aliphatic imine (C=N–C) groups is 1. The molecule has 1 aromatic heterocycles. The molecule has 0 radical (unpaired) electrons. The van der Waals surface area contributed by atoms with Crippen LogP contribution in [0.25, 0.3) is 0 Å². The molecular formula is C18H18ClFN4O3. The van der Waals surface area contributed by atoms with Crippen LogP contribution in [-0.2, 0) is 9.57 Å². The minimum atomic E-state index is -0.492. The van der Waals surface area contributed by atoms with Crippen LogP contribution in [0.3, 0.4) is 0 Å². The highest BCUT2D eigenvalue weighted by Crippen LogP contribution is 2.29. The van der Waals surface area contributed by atoms with Crippen LogP contribution in [0, 0.1) is 5.82 Å². The van der Waals surface area contributed by atoms with E-state index in [2.05, 4.69) is 20.8 Å². The lowest BCUT2D eigenvalue weighted by Gasteiger charge is -2.26. The van der Waals surface area contributed by atoms with Crippen LogP contribution in [0.15, 0.2) is 41.5 Å². The van der Waals surface area contributed by atoms with Crippen LogP contribution >= 0.6 is 11.6 Å². The van der Waals surface area contributed by atoms with Crippen molar-refractivity contribution in [1.29, 1.82) is 0 Å². The molecule has 1 aromatic carbocycles. The Balaban J connectivity index is 1.63. The van der Waals surface area contributed by atoms with Crippen molar-refractivity contribution >= 4 is 17.4 Å². The fourth-order valence-electron chi connectivity index (χ4n) is 3.00. The summed E-state index contributed by atoms with van der Waals surface area (Å²) in [4.78, 5) is 13.6. The molecule has 2 aliphatic heterocycles. The molecule has 2 atom stereocenters. The molecule has 7 nitrogen and oxygen atoms in total. The highest BCUT2D eigenvalue weighted by Gasteiger charge is 2.30. The van der Waals surface area contributed by atoms with E-state index in [4.69, 9.17) is 25.9 Å². The van der Waals surface area contributed by atoms with Gasteiger partial charge in [-0.25, -0.2) is 19.8 Å². The lowest BCUT2D eigenvalue weighted by molar-refractivity contribution is -0.0103. The molecule has 1 saturated heterocycles. The van der Waals surface area contributed by atoms with Gasteiger partial charge < -0.3 is 14.8 Å². The van der Waals surface area contributed by atoms with Gasteiger partial charge in [0.05, 0.1) is 17.2 Å². The van der Waals surface area contributed by atoms with Crippen LogP contribution in [0.1, 0.15) is 17.2 Å². The summed E-state index contributed by atoms with van der Waals surface area (Å²) in [7, 11) is 0. The van der Waals surface area contributed by atoms with Crippen molar-refractivity contribution in [3.63, 3.8) is 0 Å². The number of pyridine rings is 1. The van der Waals surface area contributed by atoms with E-state index in [0.717, 1.165) is 0 Å². The fraction of sp³-hybridized carbons (Fsp3) is 0.333. The number of nitrogens with zero attached hydrogens (tertiary/aromatic N) is 2. The van der Waals surface area contributed by atoms with Crippen molar-refractivity contribution in [2.75, 3.05) is 26.4 Å². The van der Waals surface area contributed by atoms with Crippen LogP contribution in [0.2, 0.25) is 5.02 Å². The monoisotopic (exact) mass is 392 g/mol. The van der Waals surface area contributed by atoms with Gasteiger partial charge in [0.2, 0.25) is 5.88 Å². The predicted octanol–water partition coefficient (Wildman–Crippen LogP) is 2.22. The van der Waals surface area contributed by atoms with Crippen molar-refractivity contribution in [2.24, 2.45) is 4.99 Å². The van der Waals surface area contributed by atoms with Crippen LogP contribution in [-0.4, -0.2) is 43.4 Å². The Morgan fingerprint density at radius 2 is 2.22 bits per heavy atom. The van der Waals surface area contributed by atoms with E-state index in [1.807, 2.05) is 6.07 Å². The summed E-state index contributed by atoms with van der Waals surface area (Å²) in [6, 6.07) is 8.27. The first-order chi connectivity index (χ1) is 13.2. The average molecular weight is 393 g/mol. The van der Waals surface area contributed by atoms with Gasteiger partial charge in [0.1, 0.15) is 18.0 Å². The van der Waals surface area contributed by atoms with Crippen LogP contribution < -0.4 is 15.5 Å². The van der Waals surface area contributed by atoms with Crippen LogP contribution in [0.4, 0.5) is 4.39 Å². The van der Waals surface area contributed by atoms with E-state index >= 15 is 0 Å². The molecule has 0 spiro atoms. The van der Waals surface area contributed by atoms with Gasteiger partial charge in [0.25, 0.3) is 0 Å². The van der Waals surface area contributed by atoms with E-state index in [9.17, 15) is 4.39 Å².